The van der Waals surface area contributed by atoms with E-state index in [9.17, 15) is 15.2 Å². The van der Waals surface area contributed by atoms with Crippen LogP contribution in [0.5, 0.6) is 0 Å². The Labute approximate surface area is 238 Å². The second-order valence-corrected chi connectivity index (χ2v) is 18.9. The number of ether oxygens (including phenoxy) is 1. The first-order valence-electron chi connectivity index (χ1n) is 14.1. The third kappa shape index (κ3) is 6.55. The Hall–Kier alpha value is -3.23. The van der Waals surface area contributed by atoms with Crippen molar-refractivity contribution >= 4 is 25.2 Å². The molecule has 1 amide bonds. The minimum Gasteiger partial charge on any atom is -0.465 e. The normalized spacial score (nSPS) is 16.2. The molecule has 1 fully saturated rings. The lowest BCUT2D eigenvalue weighted by Gasteiger charge is -2.44. The first-order valence-corrected chi connectivity index (χ1v) is 17.8. The van der Waals surface area contributed by atoms with Gasteiger partial charge < -0.3 is 19.3 Å². The number of aromatic nitrogens is 5. The van der Waals surface area contributed by atoms with Gasteiger partial charge in [-0.1, -0.05) is 32.5 Å². The summed E-state index contributed by atoms with van der Waals surface area (Å²) in [5.74, 6) is 0. The third-order valence-corrected chi connectivity index (χ3v) is 9.79. The molecular weight excluding hydrogens is 522 g/mol. The zero-order valence-corrected chi connectivity index (χ0v) is 25.7. The minimum absolute atomic E-state index is 0.250. The first-order chi connectivity index (χ1) is 18.8. The zero-order chi connectivity index (χ0) is 29.1. The number of rotatable bonds is 11. The third-order valence-electron chi connectivity index (χ3n) is 8.08. The first kappa shape index (κ1) is 29.7. The van der Waals surface area contributed by atoms with Crippen LogP contribution in [0.3, 0.4) is 0 Å². The van der Waals surface area contributed by atoms with Gasteiger partial charge >= 0.3 is 6.09 Å². The predicted molar refractivity (Wildman–Crippen MR) is 158 cm³/mol. The van der Waals surface area contributed by atoms with Gasteiger partial charge in [0.25, 0.3) is 0 Å². The van der Waals surface area contributed by atoms with Crippen molar-refractivity contribution in [2.24, 2.45) is 5.41 Å². The molecule has 40 heavy (non-hydrogen) atoms. The Kier molecular flexibility index (Phi) is 8.71. The second kappa shape index (κ2) is 11.7. The lowest BCUT2D eigenvalue weighted by Crippen LogP contribution is -2.52. The number of nitrogens with zero attached hydrogens (tertiary/aromatic N) is 7. The van der Waals surface area contributed by atoms with Crippen LogP contribution in [0.15, 0.2) is 31.0 Å². The lowest BCUT2D eigenvalue weighted by atomic mass is 9.76. The fourth-order valence-corrected chi connectivity index (χ4v) is 6.53. The second-order valence-electron chi connectivity index (χ2n) is 13.3. The van der Waals surface area contributed by atoms with Crippen LogP contribution in [0.1, 0.15) is 58.9 Å². The average Bonchev–Trinajstić information content (AvgIpc) is 3.63. The summed E-state index contributed by atoms with van der Waals surface area (Å²) in [7, 11) is -1.16. The van der Waals surface area contributed by atoms with Gasteiger partial charge in [0.15, 0.2) is 0 Å². The van der Waals surface area contributed by atoms with E-state index >= 15 is 0 Å². The van der Waals surface area contributed by atoms with E-state index in [1.807, 2.05) is 48.5 Å². The minimum atomic E-state index is -1.16. The van der Waals surface area contributed by atoms with E-state index in [1.165, 1.54) is 4.90 Å². The molecule has 0 bridgehead atoms. The molecule has 10 nitrogen and oxygen atoms in total. The number of hydrogen-bond acceptors (Lipinski definition) is 6. The molecule has 1 N–H and O–H groups in total. The number of carbonyl (C=O) groups is 1. The van der Waals surface area contributed by atoms with Crippen molar-refractivity contribution in [1.29, 1.82) is 5.26 Å². The summed E-state index contributed by atoms with van der Waals surface area (Å²) in [5.41, 5.74) is 1.49. The van der Waals surface area contributed by atoms with E-state index in [-0.39, 0.29) is 17.9 Å². The standard InChI is InChI=1S/C29H43N7O3Si/c1-28(2,3)35(27(37)38)19-29(11-7-8-12-29)24(9-13-30)36-18-22(17-33-36)25-23-10-14-34(26(23)32-20-31-25)21-39-15-16-40(4,5)6/h10,14,17-18,20,24H,7-9,11-12,15-16,19,21H2,1-6H3,(H,37,38). The highest BCUT2D eigenvalue weighted by Crippen LogP contribution is 2.49. The van der Waals surface area contributed by atoms with Gasteiger partial charge in [-0.25, -0.2) is 14.8 Å². The highest BCUT2D eigenvalue weighted by atomic mass is 28.3. The summed E-state index contributed by atoms with van der Waals surface area (Å²) in [5, 5.41) is 25.5. The van der Waals surface area contributed by atoms with Gasteiger partial charge in [-0.15, -0.1) is 0 Å². The Morgan fingerprint density at radius 1 is 1.27 bits per heavy atom. The van der Waals surface area contributed by atoms with Gasteiger partial charge in [0.1, 0.15) is 18.7 Å². The molecule has 4 rings (SSSR count). The number of fused-ring (bicyclic) bond motifs is 1. The van der Waals surface area contributed by atoms with E-state index in [1.54, 1.807) is 12.5 Å². The Morgan fingerprint density at radius 3 is 2.62 bits per heavy atom. The predicted octanol–water partition coefficient (Wildman–Crippen LogP) is 6.40. The smallest absolute Gasteiger partial charge is 0.407 e. The topological polar surface area (TPSA) is 122 Å². The molecule has 1 aliphatic carbocycles. The van der Waals surface area contributed by atoms with E-state index < -0.39 is 19.7 Å². The van der Waals surface area contributed by atoms with Crippen LogP contribution in [0, 0.1) is 16.7 Å². The summed E-state index contributed by atoms with van der Waals surface area (Å²) in [6.07, 6.45) is 10.3. The van der Waals surface area contributed by atoms with Crippen LogP contribution in [0.2, 0.25) is 25.7 Å². The Balaban J connectivity index is 1.62. The van der Waals surface area contributed by atoms with Crippen molar-refractivity contribution in [3.8, 4) is 17.3 Å². The fraction of sp³-hybridized carbons (Fsp3) is 0.621. The summed E-state index contributed by atoms with van der Waals surface area (Å²) >= 11 is 0. The van der Waals surface area contributed by atoms with Crippen LogP contribution in [-0.2, 0) is 11.5 Å². The number of hydrogen-bond donors (Lipinski definition) is 1. The zero-order valence-electron chi connectivity index (χ0n) is 24.7. The van der Waals surface area contributed by atoms with Gasteiger partial charge in [-0.3, -0.25) is 4.68 Å². The number of nitriles is 1. The monoisotopic (exact) mass is 565 g/mol. The van der Waals surface area contributed by atoms with Crippen molar-refractivity contribution in [3.05, 3.63) is 31.0 Å². The SMILES string of the molecule is CC(C)(C)N(CC1(C(CC#N)n2cc(-c3ncnc4c3ccn4COCC[Si](C)(C)C)cn2)CCCC1)C(=O)O. The van der Waals surface area contributed by atoms with Gasteiger partial charge in [-0.2, -0.15) is 10.4 Å². The molecule has 216 valence electrons. The van der Waals surface area contributed by atoms with Crippen molar-refractivity contribution in [2.75, 3.05) is 13.2 Å². The van der Waals surface area contributed by atoms with Crippen molar-refractivity contribution in [3.63, 3.8) is 0 Å². The largest absolute Gasteiger partial charge is 0.465 e. The van der Waals surface area contributed by atoms with Crippen molar-refractivity contribution < 1.29 is 14.6 Å². The molecule has 0 aromatic carbocycles. The van der Waals surface area contributed by atoms with Crippen LogP contribution in [0.4, 0.5) is 4.79 Å². The summed E-state index contributed by atoms with van der Waals surface area (Å²) in [6, 6.07) is 5.22. The maximum Gasteiger partial charge on any atom is 0.407 e. The summed E-state index contributed by atoms with van der Waals surface area (Å²) < 4.78 is 9.82. The van der Waals surface area contributed by atoms with E-state index in [0.717, 1.165) is 60.6 Å². The highest BCUT2D eigenvalue weighted by molar-refractivity contribution is 6.76. The maximum atomic E-state index is 12.3. The van der Waals surface area contributed by atoms with Gasteiger partial charge in [-0.05, 0) is 45.7 Å². The number of amides is 1. The maximum absolute atomic E-state index is 12.3. The fourth-order valence-electron chi connectivity index (χ4n) is 5.77. The molecule has 1 aliphatic rings. The van der Waals surface area contributed by atoms with Crippen molar-refractivity contribution in [2.45, 2.75) is 96.9 Å². The molecule has 1 unspecified atom stereocenters. The van der Waals surface area contributed by atoms with E-state index in [2.05, 4.69) is 35.7 Å². The molecule has 11 heteroatoms. The molecule has 0 saturated heterocycles. The average molecular weight is 566 g/mol. The lowest BCUT2D eigenvalue weighted by molar-refractivity contribution is 0.0391. The molecule has 3 heterocycles. The van der Waals surface area contributed by atoms with E-state index in [0.29, 0.717) is 13.3 Å². The molecule has 3 aromatic heterocycles. The Morgan fingerprint density at radius 2 is 2.00 bits per heavy atom. The van der Waals surface area contributed by atoms with Crippen LogP contribution in [0.25, 0.3) is 22.3 Å². The molecule has 0 radical (unpaired) electrons. The van der Waals surface area contributed by atoms with Gasteiger partial charge in [0, 0.05) is 55.5 Å². The van der Waals surface area contributed by atoms with Crippen LogP contribution < -0.4 is 0 Å². The molecular formula is C29H43N7O3Si. The summed E-state index contributed by atoms with van der Waals surface area (Å²) in [4.78, 5) is 22.9. The van der Waals surface area contributed by atoms with Crippen LogP contribution >= 0.6 is 0 Å². The molecule has 1 saturated carbocycles. The van der Waals surface area contributed by atoms with Gasteiger partial charge in [0.2, 0.25) is 0 Å². The molecule has 0 spiro atoms. The highest BCUT2D eigenvalue weighted by Gasteiger charge is 2.46. The quantitative estimate of drug-likeness (QED) is 0.211. The van der Waals surface area contributed by atoms with Crippen LogP contribution in [-0.4, -0.2) is 67.2 Å². The number of carboxylic acid groups (broad SMARTS) is 1. The molecule has 0 aliphatic heterocycles. The van der Waals surface area contributed by atoms with E-state index in [4.69, 9.17) is 9.84 Å². The van der Waals surface area contributed by atoms with Gasteiger partial charge in [0.05, 0.1) is 30.4 Å². The van der Waals surface area contributed by atoms with Crippen molar-refractivity contribution in [1.82, 2.24) is 29.2 Å². The molecule has 1 atom stereocenters. The Bertz CT molecular complexity index is 1360. The molecule has 3 aromatic rings. The summed E-state index contributed by atoms with van der Waals surface area (Å²) in [6.45, 7) is 14.3.